The van der Waals surface area contributed by atoms with Gasteiger partial charge in [0.15, 0.2) is 0 Å². The van der Waals surface area contributed by atoms with Crippen LogP contribution in [0, 0.1) is 5.92 Å². The first-order valence-electron chi connectivity index (χ1n) is 7.19. The standard InChI is InChI=1S/C17H27NO2/c1-13(2)11-17(18,15(19)20-16(3,4)5)12-14-9-7-6-8-10-14/h6-10,13H,11-12,18H2,1-5H3/t17-/m1/s1. The first-order valence-corrected chi connectivity index (χ1v) is 7.19. The molecule has 0 heterocycles. The zero-order valence-electron chi connectivity index (χ0n) is 13.3. The number of carbonyl (C=O) groups is 1. The molecule has 2 N–H and O–H groups in total. The number of nitrogens with two attached hydrogens (primary N) is 1. The number of hydrogen-bond acceptors (Lipinski definition) is 3. The lowest BCUT2D eigenvalue weighted by molar-refractivity contribution is -0.162. The molecule has 0 aliphatic heterocycles. The Morgan fingerprint density at radius 3 is 2.20 bits per heavy atom. The quantitative estimate of drug-likeness (QED) is 0.840. The van der Waals surface area contributed by atoms with Crippen LogP contribution in [0.25, 0.3) is 0 Å². The third-order valence-electron chi connectivity index (χ3n) is 2.94. The molecule has 0 aliphatic rings. The maximum atomic E-state index is 12.5. The van der Waals surface area contributed by atoms with Crippen molar-refractivity contribution < 1.29 is 9.53 Å². The monoisotopic (exact) mass is 277 g/mol. The minimum Gasteiger partial charge on any atom is -0.459 e. The molecule has 0 saturated carbocycles. The molecule has 0 aliphatic carbocycles. The highest BCUT2D eigenvalue weighted by atomic mass is 16.6. The van der Waals surface area contributed by atoms with Gasteiger partial charge in [0.2, 0.25) is 0 Å². The lowest BCUT2D eigenvalue weighted by atomic mass is 9.84. The van der Waals surface area contributed by atoms with E-state index >= 15 is 0 Å². The van der Waals surface area contributed by atoms with Gasteiger partial charge in [0, 0.05) is 6.42 Å². The van der Waals surface area contributed by atoms with E-state index in [9.17, 15) is 4.79 Å². The van der Waals surface area contributed by atoms with Crippen molar-refractivity contribution in [2.45, 2.75) is 58.6 Å². The van der Waals surface area contributed by atoms with E-state index in [-0.39, 0.29) is 5.97 Å². The van der Waals surface area contributed by atoms with Crippen LogP contribution in [0.1, 0.15) is 46.6 Å². The molecule has 3 heteroatoms. The van der Waals surface area contributed by atoms with Gasteiger partial charge < -0.3 is 10.5 Å². The average Bonchev–Trinajstić information content (AvgIpc) is 2.26. The van der Waals surface area contributed by atoms with E-state index < -0.39 is 11.1 Å². The molecular weight excluding hydrogens is 250 g/mol. The van der Waals surface area contributed by atoms with E-state index in [4.69, 9.17) is 10.5 Å². The molecule has 1 rings (SSSR count). The summed E-state index contributed by atoms with van der Waals surface area (Å²) in [7, 11) is 0. The fourth-order valence-electron chi connectivity index (χ4n) is 2.30. The minimum atomic E-state index is -0.969. The Labute approximate surface area is 122 Å². The summed E-state index contributed by atoms with van der Waals surface area (Å²) in [6.07, 6.45) is 1.11. The third kappa shape index (κ3) is 5.33. The molecule has 0 unspecified atom stereocenters. The molecule has 0 fully saturated rings. The van der Waals surface area contributed by atoms with E-state index in [0.29, 0.717) is 18.8 Å². The van der Waals surface area contributed by atoms with Crippen LogP contribution in [0.5, 0.6) is 0 Å². The molecule has 3 nitrogen and oxygen atoms in total. The van der Waals surface area contributed by atoms with Gasteiger partial charge in [-0.15, -0.1) is 0 Å². The summed E-state index contributed by atoms with van der Waals surface area (Å²) in [6.45, 7) is 9.73. The van der Waals surface area contributed by atoms with E-state index in [0.717, 1.165) is 5.56 Å². The van der Waals surface area contributed by atoms with Gasteiger partial charge in [-0.05, 0) is 38.7 Å². The largest absolute Gasteiger partial charge is 0.459 e. The van der Waals surface area contributed by atoms with E-state index in [1.807, 2.05) is 51.1 Å². The second-order valence-electron chi connectivity index (χ2n) is 6.92. The zero-order chi connectivity index (χ0) is 15.4. The maximum Gasteiger partial charge on any atom is 0.326 e. The molecule has 112 valence electrons. The first-order chi connectivity index (χ1) is 9.12. The Bertz CT molecular complexity index is 434. The van der Waals surface area contributed by atoms with Crippen LogP contribution in [-0.2, 0) is 16.0 Å². The van der Waals surface area contributed by atoms with E-state index in [1.54, 1.807) is 0 Å². The molecule has 0 saturated heterocycles. The van der Waals surface area contributed by atoms with E-state index in [1.165, 1.54) is 0 Å². The number of hydrogen-bond donors (Lipinski definition) is 1. The third-order valence-corrected chi connectivity index (χ3v) is 2.94. The van der Waals surface area contributed by atoms with Gasteiger partial charge in [-0.25, -0.2) is 0 Å². The highest BCUT2D eigenvalue weighted by Crippen LogP contribution is 2.23. The Morgan fingerprint density at radius 1 is 1.20 bits per heavy atom. The van der Waals surface area contributed by atoms with Gasteiger partial charge in [-0.2, -0.15) is 0 Å². The van der Waals surface area contributed by atoms with E-state index in [2.05, 4.69) is 13.8 Å². The minimum absolute atomic E-state index is 0.317. The molecule has 20 heavy (non-hydrogen) atoms. The summed E-state index contributed by atoms with van der Waals surface area (Å²) in [6, 6.07) is 9.86. The molecule has 1 atom stereocenters. The van der Waals surface area contributed by atoms with Gasteiger partial charge in [-0.3, -0.25) is 4.79 Å². The van der Waals surface area contributed by atoms with Gasteiger partial charge in [0.25, 0.3) is 0 Å². The van der Waals surface area contributed by atoms with Crippen molar-refractivity contribution in [1.82, 2.24) is 0 Å². The molecule has 1 aromatic carbocycles. The van der Waals surface area contributed by atoms with Crippen LogP contribution in [0.2, 0.25) is 0 Å². The summed E-state index contributed by atoms with van der Waals surface area (Å²) in [5, 5.41) is 0. The molecule has 1 aromatic rings. The van der Waals surface area contributed by atoms with Crippen molar-refractivity contribution in [2.75, 3.05) is 0 Å². The molecule has 0 spiro atoms. The van der Waals surface area contributed by atoms with Gasteiger partial charge in [0.05, 0.1) is 0 Å². The summed E-state index contributed by atoms with van der Waals surface area (Å²) in [5.41, 5.74) is 5.98. The molecule has 0 amide bonds. The Hall–Kier alpha value is -1.35. The number of carbonyl (C=O) groups excluding carboxylic acids is 1. The van der Waals surface area contributed by atoms with Gasteiger partial charge in [0.1, 0.15) is 11.1 Å². The lowest BCUT2D eigenvalue weighted by Gasteiger charge is -2.32. The fraction of sp³-hybridized carbons (Fsp3) is 0.588. The Balaban J connectivity index is 2.94. The average molecular weight is 277 g/mol. The van der Waals surface area contributed by atoms with Crippen molar-refractivity contribution in [2.24, 2.45) is 11.7 Å². The number of benzene rings is 1. The summed E-state index contributed by atoms with van der Waals surface area (Å²) < 4.78 is 5.51. The van der Waals surface area contributed by atoms with Crippen molar-refractivity contribution in [3.8, 4) is 0 Å². The van der Waals surface area contributed by atoms with Crippen LogP contribution >= 0.6 is 0 Å². The van der Waals surface area contributed by atoms with Crippen LogP contribution in [0.3, 0.4) is 0 Å². The second kappa shape index (κ2) is 6.40. The van der Waals surface area contributed by atoms with Crippen molar-refractivity contribution in [3.63, 3.8) is 0 Å². The van der Waals surface area contributed by atoms with Crippen LogP contribution < -0.4 is 5.73 Å². The molecule has 0 aromatic heterocycles. The lowest BCUT2D eigenvalue weighted by Crippen LogP contribution is -2.53. The van der Waals surface area contributed by atoms with Crippen LogP contribution in [0.15, 0.2) is 30.3 Å². The zero-order valence-corrected chi connectivity index (χ0v) is 13.3. The highest BCUT2D eigenvalue weighted by molar-refractivity contribution is 5.81. The first kappa shape index (κ1) is 16.7. The molecule has 0 bridgehead atoms. The highest BCUT2D eigenvalue weighted by Gasteiger charge is 2.38. The molecule has 0 radical (unpaired) electrons. The maximum absolute atomic E-state index is 12.5. The normalized spacial score (nSPS) is 14.9. The Morgan fingerprint density at radius 2 is 1.75 bits per heavy atom. The summed E-state index contributed by atoms with van der Waals surface area (Å²) >= 11 is 0. The smallest absolute Gasteiger partial charge is 0.326 e. The predicted octanol–water partition coefficient (Wildman–Crippen LogP) is 3.31. The van der Waals surface area contributed by atoms with Crippen LogP contribution in [-0.4, -0.2) is 17.1 Å². The predicted molar refractivity (Wildman–Crippen MR) is 82.4 cm³/mol. The summed E-state index contributed by atoms with van der Waals surface area (Å²) in [5.74, 6) is 0.0128. The SMILES string of the molecule is CC(C)C[C@@](N)(Cc1ccccc1)C(=O)OC(C)(C)C. The van der Waals surface area contributed by atoms with Crippen LogP contribution in [0.4, 0.5) is 0 Å². The van der Waals surface area contributed by atoms with Gasteiger partial charge in [-0.1, -0.05) is 44.2 Å². The van der Waals surface area contributed by atoms with Crippen molar-refractivity contribution in [3.05, 3.63) is 35.9 Å². The van der Waals surface area contributed by atoms with Crippen molar-refractivity contribution >= 4 is 5.97 Å². The number of esters is 1. The number of rotatable bonds is 5. The Kier molecular flexibility index (Phi) is 5.35. The van der Waals surface area contributed by atoms with Gasteiger partial charge >= 0.3 is 5.97 Å². The molecular formula is C17H27NO2. The second-order valence-corrected chi connectivity index (χ2v) is 6.92. The number of ether oxygens (including phenoxy) is 1. The van der Waals surface area contributed by atoms with Crippen molar-refractivity contribution in [1.29, 1.82) is 0 Å². The topological polar surface area (TPSA) is 52.3 Å². The summed E-state index contributed by atoms with van der Waals surface area (Å²) in [4.78, 5) is 12.5. The fourth-order valence-corrected chi connectivity index (χ4v) is 2.30.